The van der Waals surface area contributed by atoms with Crippen molar-refractivity contribution >= 4 is 35.6 Å². The maximum atomic E-state index is 6.03. The van der Waals surface area contributed by atoms with Crippen LogP contribution in [0.2, 0.25) is 10.0 Å². The molecule has 0 aliphatic carbocycles. The number of hydrogen-bond donors (Lipinski definition) is 0. The van der Waals surface area contributed by atoms with Gasteiger partial charge < -0.3 is 0 Å². The fourth-order valence-electron chi connectivity index (χ4n) is 1.60. The van der Waals surface area contributed by atoms with Crippen LogP contribution in [0.1, 0.15) is 11.1 Å². The fourth-order valence-corrected chi connectivity index (χ4v) is 1.97. The number of rotatable bonds is 5. The van der Waals surface area contributed by atoms with Gasteiger partial charge in [0, 0.05) is 33.6 Å². The van der Waals surface area contributed by atoms with Gasteiger partial charge >= 0.3 is 0 Å². The zero-order chi connectivity index (χ0) is 14.2. The van der Waals surface area contributed by atoms with Gasteiger partial charge in [0.15, 0.2) is 0 Å². The maximum absolute atomic E-state index is 6.03. The molecule has 2 nitrogen and oxygen atoms in total. The van der Waals surface area contributed by atoms with Crippen molar-refractivity contribution in [1.82, 2.24) is 0 Å². The summed E-state index contributed by atoms with van der Waals surface area (Å²) < 4.78 is 0. The van der Waals surface area contributed by atoms with Crippen molar-refractivity contribution in [2.45, 2.75) is 0 Å². The molecule has 0 aromatic heterocycles. The first-order chi connectivity index (χ1) is 9.77. The SMILES string of the molecule is Clc1ccccc1C=NCCN=Cc1ccccc1Cl. The highest BCUT2D eigenvalue weighted by molar-refractivity contribution is 6.33. The topological polar surface area (TPSA) is 24.7 Å². The highest BCUT2D eigenvalue weighted by Gasteiger charge is 1.94. The monoisotopic (exact) mass is 304 g/mol. The van der Waals surface area contributed by atoms with Crippen LogP contribution in [0, 0.1) is 0 Å². The smallest absolute Gasteiger partial charge is 0.0585 e. The van der Waals surface area contributed by atoms with Gasteiger partial charge in [-0.1, -0.05) is 59.6 Å². The summed E-state index contributed by atoms with van der Waals surface area (Å²) in [6, 6.07) is 15.2. The van der Waals surface area contributed by atoms with Gasteiger partial charge in [0.1, 0.15) is 0 Å². The normalized spacial score (nSPS) is 11.5. The van der Waals surface area contributed by atoms with Crippen molar-refractivity contribution in [2.24, 2.45) is 9.98 Å². The Morgan fingerprint density at radius 1 is 0.700 bits per heavy atom. The Morgan fingerprint density at radius 2 is 1.10 bits per heavy atom. The van der Waals surface area contributed by atoms with Crippen LogP contribution >= 0.6 is 23.2 Å². The zero-order valence-electron chi connectivity index (χ0n) is 10.8. The van der Waals surface area contributed by atoms with E-state index in [9.17, 15) is 0 Å². The zero-order valence-corrected chi connectivity index (χ0v) is 12.3. The van der Waals surface area contributed by atoms with Crippen LogP contribution in [0.4, 0.5) is 0 Å². The molecule has 2 aromatic rings. The molecule has 4 heteroatoms. The van der Waals surface area contributed by atoms with Crippen LogP contribution in [0.15, 0.2) is 58.5 Å². The van der Waals surface area contributed by atoms with Gasteiger partial charge in [-0.15, -0.1) is 0 Å². The Morgan fingerprint density at radius 3 is 1.50 bits per heavy atom. The molecule has 0 unspecified atom stereocenters. The highest BCUT2D eigenvalue weighted by atomic mass is 35.5. The first kappa shape index (κ1) is 14.8. The molecule has 0 amide bonds. The molecule has 0 radical (unpaired) electrons. The number of halogens is 2. The van der Waals surface area contributed by atoms with E-state index in [1.165, 1.54) is 0 Å². The minimum atomic E-state index is 0.617. The summed E-state index contributed by atoms with van der Waals surface area (Å²) in [4.78, 5) is 8.60. The molecular formula is C16H14Cl2N2. The van der Waals surface area contributed by atoms with Crippen LogP contribution in [0.5, 0.6) is 0 Å². The second-order valence-electron chi connectivity index (χ2n) is 4.11. The Kier molecular flexibility index (Phi) is 5.78. The lowest BCUT2D eigenvalue weighted by Gasteiger charge is -1.96. The number of nitrogens with zero attached hydrogens (tertiary/aromatic N) is 2. The molecule has 2 aromatic carbocycles. The molecule has 0 bridgehead atoms. The summed E-state index contributed by atoms with van der Waals surface area (Å²) in [5.41, 5.74) is 1.84. The van der Waals surface area contributed by atoms with E-state index in [4.69, 9.17) is 23.2 Å². The fraction of sp³-hybridized carbons (Fsp3) is 0.125. The molecule has 0 atom stereocenters. The summed E-state index contributed by atoms with van der Waals surface area (Å²) in [5.74, 6) is 0. The molecule has 20 heavy (non-hydrogen) atoms. The van der Waals surface area contributed by atoms with Gasteiger partial charge in [-0.3, -0.25) is 9.98 Å². The van der Waals surface area contributed by atoms with Crippen molar-refractivity contribution in [1.29, 1.82) is 0 Å². The van der Waals surface area contributed by atoms with Crippen molar-refractivity contribution < 1.29 is 0 Å². The lowest BCUT2D eigenvalue weighted by molar-refractivity contribution is 0.985. The first-order valence-electron chi connectivity index (χ1n) is 6.26. The first-order valence-corrected chi connectivity index (χ1v) is 7.01. The van der Waals surface area contributed by atoms with Gasteiger partial charge in [0.05, 0.1) is 13.1 Å². The van der Waals surface area contributed by atoms with Crippen LogP contribution in [-0.2, 0) is 0 Å². The molecule has 2 rings (SSSR count). The van der Waals surface area contributed by atoms with E-state index in [-0.39, 0.29) is 0 Å². The van der Waals surface area contributed by atoms with Crippen molar-refractivity contribution in [3.8, 4) is 0 Å². The van der Waals surface area contributed by atoms with E-state index in [1.54, 1.807) is 12.4 Å². The van der Waals surface area contributed by atoms with Crippen LogP contribution in [-0.4, -0.2) is 25.5 Å². The van der Waals surface area contributed by atoms with E-state index in [1.807, 2.05) is 48.5 Å². The van der Waals surface area contributed by atoms with E-state index < -0.39 is 0 Å². The third kappa shape index (κ3) is 4.48. The highest BCUT2D eigenvalue weighted by Crippen LogP contribution is 2.13. The molecule has 0 N–H and O–H groups in total. The summed E-state index contributed by atoms with van der Waals surface area (Å²) in [5, 5.41) is 1.41. The molecule has 0 saturated heterocycles. The van der Waals surface area contributed by atoms with Crippen molar-refractivity contribution in [2.75, 3.05) is 13.1 Å². The minimum absolute atomic E-state index is 0.617. The lowest BCUT2D eigenvalue weighted by atomic mass is 10.2. The summed E-state index contributed by atoms with van der Waals surface area (Å²) in [7, 11) is 0. The van der Waals surface area contributed by atoms with Gasteiger partial charge in [-0.05, 0) is 12.1 Å². The predicted octanol–water partition coefficient (Wildman–Crippen LogP) is 4.53. The number of aliphatic imine (C=N–C) groups is 2. The molecule has 0 aliphatic rings. The molecule has 0 saturated carbocycles. The number of hydrogen-bond acceptors (Lipinski definition) is 2. The largest absolute Gasteiger partial charge is 0.291 e. The predicted molar refractivity (Wildman–Crippen MR) is 87.8 cm³/mol. The Balaban J connectivity index is 1.82. The van der Waals surface area contributed by atoms with Crippen molar-refractivity contribution in [3.63, 3.8) is 0 Å². The van der Waals surface area contributed by atoms with Crippen molar-refractivity contribution in [3.05, 3.63) is 69.7 Å². The summed E-state index contributed by atoms with van der Waals surface area (Å²) >= 11 is 12.1. The molecule has 0 heterocycles. The third-order valence-electron chi connectivity index (χ3n) is 2.63. The average molecular weight is 305 g/mol. The Bertz CT molecular complexity index is 566. The lowest BCUT2D eigenvalue weighted by Crippen LogP contribution is -1.91. The quantitative estimate of drug-likeness (QED) is 0.573. The van der Waals surface area contributed by atoms with Gasteiger partial charge in [-0.2, -0.15) is 0 Å². The molecular weight excluding hydrogens is 291 g/mol. The van der Waals surface area contributed by atoms with Gasteiger partial charge in [0.2, 0.25) is 0 Å². The van der Waals surface area contributed by atoms with E-state index >= 15 is 0 Å². The maximum Gasteiger partial charge on any atom is 0.0585 e. The van der Waals surface area contributed by atoms with Crippen LogP contribution < -0.4 is 0 Å². The molecule has 0 fully saturated rings. The summed E-state index contributed by atoms with van der Waals surface area (Å²) in [6.45, 7) is 1.23. The van der Waals surface area contributed by atoms with Crippen LogP contribution in [0.25, 0.3) is 0 Å². The molecule has 102 valence electrons. The molecule has 0 aliphatic heterocycles. The third-order valence-corrected chi connectivity index (χ3v) is 3.32. The average Bonchev–Trinajstić information content (AvgIpc) is 2.46. The molecule has 0 spiro atoms. The van der Waals surface area contributed by atoms with Crippen LogP contribution in [0.3, 0.4) is 0 Å². The minimum Gasteiger partial charge on any atom is -0.291 e. The van der Waals surface area contributed by atoms with E-state index in [0.29, 0.717) is 23.1 Å². The number of benzene rings is 2. The van der Waals surface area contributed by atoms with E-state index in [2.05, 4.69) is 9.98 Å². The standard InChI is InChI=1S/C16H14Cl2N2/c17-15-7-3-1-5-13(15)11-19-9-10-20-12-14-6-2-4-8-16(14)18/h1-8,11-12H,9-10H2. The second kappa shape index (κ2) is 7.83. The van der Waals surface area contributed by atoms with E-state index in [0.717, 1.165) is 11.1 Å². The van der Waals surface area contributed by atoms with Gasteiger partial charge in [0.25, 0.3) is 0 Å². The Labute approximate surface area is 128 Å². The summed E-state index contributed by atoms with van der Waals surface area (Å²) in [6.07, 6.45) is 3.54. The second-order valence-corrected chi connectivity index (χ2v) is 4.93. The van der Waals surface area contributed by atoms with Gasteiger partial charge in [-0.25, -0.2) is 0 Å². The Hall–Kier alpha value is -1.64.